The lowest BCUT2D eigenvalue weighted by Crippen LogP contribution is -2.31. The monoisotopic (exact) mass is 401 g/mol. The third kappa shape index (κ3) is 3.71. The predicted octanol–water partition coefficient (Wildman–Crippen LogP) is 2.79. The average molecular weight is 402 g/mol. The maximum atomic E-state index is 12.2. The van der Waals surface area contributed by atoms with Crippen molar-refractivity contribution < 1.29 is 4.79 Å². The Morgan fingerprint density at radius 1 is 1.20 bits per heavy atom. The van der Waals surface area contributed by atoms with Gasteiger partial charge < -0.3 is 5.32 Å². The minimum absolute atomic E-state index is 0.116. The van der Waals surface area contributed by atoms with Crippen LogP contribution in [-0.2, 0) is 11.3 Å². The van der Waals surface area contributed by atoms with E-state index in [1.165, 1.54) is 4.57 Å². The van der Waals surface area contributed by atoms with E-state index < -0.39 is 11.2 Å². The molecule has 3 rings (SSSR count). The second-order valence-corrected chi connectivity index (χ2v) is 6.54. The Balaban J connectivity index is 1.78. The van der Waals surface area contributed by atoms with Crippen LogP contribution < -0.4 is 16.6 Å². The molecular formula is C18H16BrN3O3. The van der Waals surface area contributed by atoms with Crippen LogP contribution in [0.4, 0.5) is 5.69 Å². The maximum absolute atomic E-state index is 12.2. The van der Waals surface area contributed by atoms with Crippen LogP contribution in [0.3, 0.4) is 0 Å². The number of aromatic nitrogens is 2. The molecule has 6 nitrogen and oxygen atoms in total. The molecule has 0 saturated heterocycles. The van der Waals surface area contributed by atoms with Gasteiger partial charge in [0.15, 0.2) is 0 Å². The molecule has 0 aliphatic carbocycles. The molecular weight excluding hydrogens is 386 g/mol. The number of halogens is 1. The number of hydrogen-bond donors (Lipinski definition) is 2. The zero-order chi connectivity index (χ0) is 18.0. The first-order chi connectivity index (χ1) is 12.0. The lowest BCUT2D eigenvalue weighted by molar-refractivity contribution is -0.116. The minimum atomic E-state index is -0.518. The Hall–Kier alpha value is -2.67. The third-order valence-corrected chi connectivity index (χ3v) is 4.80. The number of H-pyrrole nitrogens is 1. The van der Waals surface area contributed by atoms with E-state index in [4.69, 9.17) is 0 Å². The fraction of sp³-hybridized carbons (Fsp3) is 0.167. The van der Waals surface area contributed by atoms with Gasteiger partial charge in [-0.1, -0.05) is 28.1 Å². The summed E-state index contributed by atoms with van der Waals surface area (Å²) in [6, 6.07) is 12.4. The second kappa shape index (κ2) is 7.06. The summed E-state index contributed by atoms with van der Waals surface area (Å²) in [6.45, 7) is 2.11. The molecule has 2 aromatic carbocycles. The lowest BCUT2D eigenvalue weighted by atomic mass is 10.2. The summed E-state index contributed by atoms with van der Waals surface area (Å²) < 4.78 is 2.38. The Morgan fingerprint density at radius 3 is 2.72 bits per heavy atom. The number of carbonyl (C=O) groups is 1. The summed E-state index contributed by atoms with van der Waals surface area (Å²) >= 11 is 3.41. The Kier molecular flexibility index (Phi) is 4.85. The minimum Gasteiger partial charge on any atom is -0.326 e. The van der Waals surface area contributed by atoms with Gasteiger partial charge in [-0.05, 0) is 42.8 Å². The van der Waals surface area contributed by atoms with Crippen LogP contribution in [0.2, 0.25) is 0 Å². The highest BCUT2D eigenvalue weighted by atomic mass is 79.9. The molecule has 0 unspecified atom stereocenters. The second-order valence-electron chi connectivity index (χ2n) is 5.69. The number of aromatic amines is 1. The Labute approximate surface area is 151 Å². The number of benzene rings is 2. The lowest BCUT2D eigenvalue weighted by Gasteiger charge is -2.10. The number of rotatable bonds is 4. The van der Waals surface area contributed by atoms with Gasteiger partial charge in [-0.2, -0.15) is 0 Å². The molecule has 128 valence electrons. The highest BCUT2D eigenvalue weighted by Gasteiger charge is 2.09. The number of nitrogens with zero attached hydrogens (tertiary/aromatic N) is 1. The molecule has 1 heterocycles. The number of fused-ring (bicyclic) bond motifs is 1. The van der Waals surface area contributed by atoms with Crippen molar-refractivity contribution in [2.75, 3.05) is 5.32 Å². The number of carbonyl (C=O) groups excluding carboxylic acids is 1. The van der Waals surface area contributed by atoms with E-state index in [9.17, 15) is 14.4 Å². The number of amides is 1. The number of anilines is 1. The van der Waals surface area contributed by atoms with Gasteiger partial charge in [0.25, 0.3) is 5.56 Å². The molecule has 0 bridgehead atoms. The molecule has 1 aromatic heterocycles. The standard InChI is InChI=1S/C18H16BrN3O3/c1-11-10-12(6-7-14(11)19)20-16(23)8-9-22-15-5-3-2-4-13(15)17(24)21-18(22)25/h2-7,10H,8-9H2,1H3,(H,20,23)(H,21,24,25). The van der Waals surface area contributed by atoms with Crippen LogP contribution in [0, 0.1) is 6.92 Å². The van der Waals surface area contributed by atoms with Crippen LogP contribution in [0.15, 0.2) is 56.5 Å². The largest absolute Gasteiger partial charge is 0.328 e. The van der Waals surface area contributed by atoms with Crippen molar-refractivity contribution in [2.24, 2.45) is 0 Å². The highest BCUT2D eigenvalue weighted by molar-refractivity contribution is 9.10. The quantitative estimate of drug-likeness (QED) is 0.704. The molecule has 0 radical (unpaired) electrons. The first-order valence-electron chi connectivity index (χ1n) is 7.73. The molecule has 0 atom stereocenters. The van der Waals surface area contributed by atoms with E-state index >= 15 is 0 Å². The van der Waals surface area contributed by atoms with E-state index in [0.717, 1.165) is 10.0 Å². The van der Waals surface area contributed by atoms with Crippen molar-refractivity contribution in [3.8, 4) is 0 Å². The zero-order valence-electron chi connectivity index (χ0n) is 13.5. The normalized spacial score (nSPS) is 10.8. The summed E-state index contributed by atoms with van der Waals surface area (Å²) in [5, 5.41) is 3.23. The summed E-state index contributed by atoms with van der Waals surface area (Å²) in [7, 11) is 0. The molecule has 3 aromatic rings. The van der Waals surface area contributed by atoms with Crippen LogP contribution in [0.25, 0.3) is 10.9 Å². The van der Waals surface area contributed by atoms with Gasteiger partial charge in [-0.15, -0.1) is 0 Å². The van der Waals surface area contributed by atoms with E-state index in [0.29, 0.717) is 16.6 Å². The average Bonchev–Trinajstić information content (AvgIpc) is 2.58. The van der Waals surface area contributed by atoms with Gasteiger partial charge in [0, 0.05) is 23.1 Å². The highest BCUT2D eigenvalue weighted by Crippen LogP contribution is 2.20. The summed E-state index contributed by atoms with van der Waals surface area (Å²) in [6.07, 6.45) is 0.116. The number of aryl methyl sites for hydroxylation is 2. The van der Waals surface area contributed by atoms with E-state index in [1.807, 2.05) is 19.1 Å². The molecule has 25 heavy (non-hydrogen) atoms. The summed E-state index contributed by atoms with van der Waals surface area (Å²) in [5.41, 5.74) is 1.29. The number of nitrogens with one attached hydrogen (secondary N) is 2. The van der Waals surface area contributed by atoms with Crippen molar-refractivity contribution >= 4 is 38.4 Å². The van der Waals surface area contributed by atoms with Crippen molar-refractivity contribution in [2.45, 2.75) is 19.9 Å². The van der Waals surface area contributed by atoms with Crippen LogP contribution in [0.5, 0.6) is 0 Å². The molecule has 0 aliphatic heterocycles. The van der Waals surface area contributed by atoms with E-state index in [2.05, 4.69) is 26.2 Å². The summed E-state index contributed by atoms with van der Waals surface area (Å²) in [4.78, 5) is 38.4. The number of para-hydroxylation sites is 1. The zero-order valence-corrected chi connectivity index (χ0v) is 15.1. The van der Waals surface area contributed by atoms with Crippen molar-refractivity contribution in [3.63, 3.8) is 0 Å². The predicted molar refractivity (Wildman–Crippen MR) is 101 cm³/mol. The SMILES string of the molecule is Cc1cc(NC(=O)CCn2c(=O)[nH]c(=O)c3ccccc32)ccc1Br. The van der Waals surface area contributed by atoms with Gasteiger partial charge in [0.05, 0.1) is 10.9 Å². The molecule has 0 saturated carbocycles. The van der Waals surface area contributed by atoms with Crippen LogP contribution in [0.1, 0.15) is 12.0 Å². The van der Waals surface area contributed by atoms with E-state index in [1.54, 1.807) is 30.3 Å². The fourth-order valence-electron chi connectivity index (χ4n) is 2.62. The summed E-state index contributed by atoms with van der Waals surface area (Å²) in [5.74, 6) is -0.205. The fourth-order valence-corrected chi connectivity index (χ4v) is 2.87. The Bertz CT molecular complexity index is 1070. The van der Waals surface area contributed by atoms with Crippen molar-refractivity contribution in [3.05, 3.63) is 73.3 Å². The Morgan fingerprint density at radius 2 is 1.96 bits per heavy atom. The molecule has 7 heteroatoms. The van der Waals surface area contributed by atoms with Crippen LogP contribution >= 0.6 is 15.9 Å². The van der Waals surface area contributed by atoms with E-state index in [-0.39, 0.29) is 18.9 Å². The van der Waals surface area contributed by atoms with Gasteiger partial charge in [0.2, 0.25) is 5.91 Å². The number of hydrogen-bond acceptors (Lipinski definition) is 3. The third-order valence-electron chi connectivity index (χ3n) is 3.91. The molecule has 0 spiro atoms. The first-order valence-corrected chi connectivity index (χ1v) is 8.53. The topological polar surface area (TPSA) is 84.0 Å². The molecule has 0 aliphatic rings. The molecule has 1 amide bonds. The van der Waals surface area contributed by atoms with Crippen LogP contribution in [-0.4, -0.2) is 15.5 Å². The van der Waals surface area contributed by atoms with Gasteiger partial charge in [-0.3, -0.25) is 19.1 Å². The van der Waals surface area contributed by atoms with Gasteiger partial charge in [-0.25, -0.2) is 4.79 Å². The van der Waals surface area contributed by atoms with Gasteiger partial charge in [0.1, 0.15) is 0 Å². The van der Waals surface area contributed by atoms with Gasteiger partial charge >= 0.3 is 5.69 Å². The molecule has 2 N–H and O–H groups in total. The first kappa shape index (κ1) is 17.2. The van der Waals surface area contributed by atoms with Crippen molar-refractivity contribution in [1.29, 1.82) is 0 Å². The smallest absolute Gasteiger partial charge is 0.326 e. The molecule has 0 fully saturated rings. The maximum Gasteiger partial charge on any atom is 0.328 e. The van der Waals surface area contributed by atoms with Crippen molar-refractivity contribution in [1.82, 2.24) is 9.55 Å².